The zero-order chi connectivity index (χ0) is 11.4. The van der Waals surface area contributed by atoms with Gasteiger partial charge in [0, 0.05) is 5.56 Å². The Balaban J connectivity index is 2.87. The van der Waals surface area contributed by atoms with Gasteiger partial charge < -0.3 is 9.84 Å². The molecular weight excluding hydrogens is 227 g/mol. The number of carboxylic acids is 1. The summed E-state index contributed by atoms with van der Waals surface area (Å²) in [6.45, 7) is 0. The van der Waals surface area contributed by atoms with Gasteiger partial charge in [-0.25, -0.2) is 4.79 Å². The van der Waals surface area contributed by atoms with Gasteiger partial charge in [-0.3, -0.25) is 4.79 Å². The molecule has 0 aliphatic rings. The molecule has 0 bridgehead atoms. The number of aliphatic carboxylic acids is 1. The molecule has 1 aromatic carbocycles. The van der Waals surface area contributed by atoms with Crippen molar-refractivity contribution in [3.63, 3.8) is 0 Å². The topological polar surface area (TPSA) is 63.6 Å². The van der Waals surface area contributed by atoms with Crippen LogP contribution >= 0.6 is 11.6 Å². The number of halogens is 2. The molecule has 0 spiro atoms. The molecule has 6 heteroatoms. The zero-order valence-electron chi connectivity index (χ0n) is 7.31. The lowest BCUT2D eigenvalue weighted by Gasteiger charge is -2.08. The van der Waals surface area contributed by atoms with E-state index in [0.29, 0.717) is 6.29 Å². The number of carbonyl (C=O) groups excluding carboxylic acids is 1. The summed E-state index contributed by atoms with van der Waals surface area (Å²) in [5, 5.41) is 8.21. The maximum atomic E-state index is 12.6. The first-order chi connectivity index (χ1) is 7.04. The van der Waals surface area contributed by atoms with Gasteiger partial charge in [0.2, 0.25) is 0 Å². The number of benzene rings is 1. The maximum Gasteiger partial charge on any atom is 0.378 e. The molecule has 1 atom stereocenters. The quantitative estimate of drug-likeness (QED) is 0.806. The van der Waals surface area contributed by atoms with E-state index < -0.39 is 12.3 Å². The van der Waals surface area contributed by atoms with E-state index in [1.165, 1.54) is 18.2 Å². The minimum absolute atomic E-state index is 0.0245. The normalized spacial score (nSPS) is 11.9. The number of ether oxygens (including phenoxy) is 1. The molecule has 0 aliphatic heterocycles. The van der Waals surface area contributed by atoms with Gasteiger partial charge in [-0.15, -0.1) is 0 Å². The summed E-state index contributed by atoms with van der Waals surface area (Å²) in [4.78, 5) is 20.5. The van der Waals surface area contributed by atoms with E-state index in [1.54, 1.807) is 0 Å². The first-order valence-electron chi connectivity index (χ1n) is 3.83. The standard InChI is InChI=1S/C9H6ClFO4/c10-6-3-5(4-12)1-2-7(6)15-8(11)9(13)14/h1-4,8H,(H,13,14). The summed E-state index contributed by atoms with van der Waals surface area (Å²) in [6.07, 6.45) is -1.93. The average molecular weight is 233 g/mol. The zero-order valence-corrected chi connectivity index (χ0v) is 8.07. The second-order valence-corrected chi connectivity index (χ2v) is 2.99. The lowest BCUT2D eigenvalue weighted by Crippen LogP contribution is -2.21. The van der Waals surface area contributed by atoms with E-state index in [9.17, 15) is 14.0 Å². The van der Waals surface area contributed by atoms with Crippen molar-refractivity contribution >= 4 is 23.9 Å². The minimum atomic E-state index is -2.48. The summed E-state index contributed by atoms with van der Waals surface area (Å²) in [5.74, 6) is -1.87. The molecule has 0 saturated carbocycles. The fourth-order valence-electron chi connectivity index (χ4n) is 0.848. The first kappa shape index (κ1) is 11.5. The molecule has 0 radical (unpaired) electrons. The number of carboxylic acid groups (broad SMARTS) is 1. The second-order valence-electron chi connectivity index (χ2n) is 2.58. The monoisotopic (exact) mass is 232 g/mol. The lowest BCUT2D eigenvalue weighted by atomic mass is 10.2. The molecule has 0 amide bonds. The van der Waals surface area contributed by atoms with Crippen LogP contribution in [-0.2, 0) is 4.79 Å². The Morgan fingerprint density at radius 1 is 1.60 bits per heavy atom. The highest BCUT2D eigenvalue weighted by atomic mass is 35.5. The van der Waals surface area contributed by atoms with E-state index in [0.717, 1.165) is 0 Å². The fraction of sp³-hybridized carbons (Fsp3) is 0.111. The molecule has 0 heterocycles. The smallest absolute Gasteiger partial charge is 0.378 e. The van der Waals surface area contributed by atoms with E-state index in [4.69, 9.17) is 16.7 Å². The number of hydrogen-bond donors (Lipinski definition) is 1. The molecule has 1 N–H and O–H groups in total. The Morgan fingerprint density at radius 2 is 2.27 bits per heavy atom. The SMILES string of the molecule is O=Cc1ccc(OC(F)C(=O)O)c(Cl)c1. The number of rotatable bonds is 4. The van der Waals surface area contributed by atoms with Crippen molar-refractivity contribution < 1.29 is 23.8 Å². The largest absolute Gasteiger partial charge is 0.476 e. The first-order valence-corrected chi connectivity index (χ1v) is 4.20. The van der Waals surface area contributed by atoms with Crippen molar-refractivity contribution in [2.75, 3.05) is 0 Å². The molecule has 1 unspecified atom stereocenters. The summed E-state index contributed by atoms with van der Waals surface area (Å²) < 4.78 is 17.0. The van der Waals surface area contributed by atoms with Crippen LogP contribution in [0, 0.1) is 0 Å². The summed E-state index contributed by atoms with van der Waals surface area (Å²) in [5.41, 5.74) is 0.290. The predicted octanol–water partition coefficient (Wildman–Crippen LogP) is 1.91. The molecule has 0 aliphatic carbocycles. The molecule has 0 fully saturated rings. The van der Waals surface area contributed by atoms with Gasteiger partial charge in [-0.2, -0.15) is 4.39 Å². The van der Waals surface area contributed by atoms with Crippen molar-refractivity contribution in [1.82, 2.24) is 0 Å². The molecule has 1 rings (SSSR count). The summed E-state index contributed by atoms with van der Waals surface area (Å²) >= 11 is 5.61. The van der Waals surface area contributed by atoms with Gasteiger partial charge in [-0.05, 0) is 18.2 Å². The van der Waals surface area contributed by atoms with Gasteiger partial charge in [0.1, 0.15) is 12.0 Å². The van der Waals surface area contributed by atoms with Crippen LogP contribution in [0.3, 0.4) is 0 Å². The van der Waals surface area contributed by atoms with Gasteiger partial charge in [0.25, 0.3) is 0 Å². The van der Waals surface area contributed by atoms with Crippen LogP contribution in [0.5, 0.6) is 5.75 Å². The predicted molar refractivity (Wildman–Crippen MR) is 50.0 cm³/mol. The number of hydrogen-bond acceptors (Lipinski definition) is 3. The van der Waals surface area contributed by atoms with E-state index in [-0.39, 0.29) is 16.3 Å². The van der Waals surface area contributed by atoms with Crippen LogP contribution in [-0.4, -0.2) is 23.7 Å². The van der Waals surface area contributed by atoms with Crippen LogP contribution in [0.4, 0.5) is 4.39 Å². The second kappa shape index (κ2) is 4.75. The molecule has 0 saturated heterocycles. The average Bonchev–Trinajstić information content (AvgIpc) is 2.20. The highest BCUT2D eigenvalue weighted by Gasteiger charge is 2.18. The van der Waals surface area contributed by atoms with Crippen molar-refractivity contribution in [3.8, 4) is 5.75 Å². The third-order valence-electron chi connectivity index (χ3n) is 1.52. The van der Waals surface area contributed by atoms with Gasteiger partial charge in [-0.1, -0.05) is 11.6 Å². The van der Waals surface area contributed by atoms with Crippen LogP contribution in [0.25, 0.3) is 0 Å². The van der Waals surface area contributed by atoms with Gasteiger partial charge >= 0.3 is 12.3 Å². The minimum Gasteiger partial charge on any atom is -0.476 e. The van der Waals surface area contributed by atoms with Crippen LogP contribution < -0.4 is 4.74 Å². The van der Waals surface area contributed by atoms with Gasteiger partial charge in [0.05, 0.1) is 5.02 Å². The highest BCUT2D eigenvalue weighted by molar-refractivity contribution is 6.32. The Labute approximate surface area is 89.2 Å². The summed E-state index contributed by atoms with van der Waals surface area (Å²) in [6, 6.07) is 3.81. The molecule has 80 valence electrons. The number of alkyl halides is 1. The number of carbonyl (C=O) groups is 2. The molecule has 1 aromatic rings. The molecule has 15 heavy (non-hydrogen) atoms. The highest BCUT2D eigenvalue weighted by Crippen LogP contribution is 2.26. The maximum absolute atomic E-state index is 12.6. The number of aldehydes is 1. The van der Waals surface area contributed by atoms with Crippen LogP contribution in [0.2, 0.25) is 5.02 Å². The Kier molecular flexibility index (Phi) is 3.62. The third kappa shape index (κ3) is 2.92. The molecule has 0 aromatic heterocycles. The van der Waals surface area contributed by atoms with Crippen molar-refractivity contribution in [2.24, 2.45) is 0 Å². The Hall–Kier alpha value is -1.62. The van der Waals surface area contributed by atoms with Gasteiger partial charge in [0.15, 0.2) is 0 Å². The van der Waals surface area contributed by atoms with Crippen LogP contribution in [0.15, 0.2) is 18.2 Å². The fourth-order valence-corrected chi connectivity index (χ4v) is 1.08. The van der Waals surface area contributed by atoms with E-state index in [1.807, 2.05) is 0 Å². The third-order valence-corrected chi connectivity index (χ3v) is 1.81. The van der Waals surface area contributed by atoms with Crippen molar-refractivity contribution in [2.45, 2.75) is 6.36 Å². The molecule has 4 nitrogen and oxygen atoms in total. The van der Waals surface area contributed by atoms with Crippen LogP contribution in [0.1, 0.15) is 10.4 Å². The lowest BCUT2D eigenvalue weighted by molar-refractivity contribution is -0.153. The molecular formula is C9H6ClFO4. The van der Waals surface area contributed by atoms with E-state index in [2.05, 4.69) is 4.74 Å². The van der Waals surface area contributed by atoms with E-state index >= 15 is 0 Å². The van der Waals surface area contributed by atoms with Crippen molar-refractivity contribution in [1.29, 1.82) is 0 Å². The summed E-state index contributed by atoms with van der Waals surface area (Å²) in [7, 11) is 0. The van der Waals surface area contributed by atoms with Crippen molar-refractivity contribution in [3.05, 3.63) is 28.8 Å². The Morgan fingerprint density at radius 3 is 2.73 bits per heavy atom. The Bertz CT molecular complexity index is 394.